The van der Waals surface area contributed by atoms with E-state index >= 15 is 0 Å². The molecule has 1 aliphatic rings. The van der Waals surface area contributed by atoms with Crippen molar-refractivity contribution in [1.29, 1.82) is 0 Å². The normalized spacial score (nSPS) is 27.2. The van der Waals surface area contributed by atoms with E-state index in [1.807, 2.05) is 0 Å². The van der Waals surface area contributed by atoms with E-state index < -0.39 is 0 Å². The second-order valence-corrected chi connectivity index (χ2v) is 3.88. The zero-order valence-electron chi connectivity index (χ0n) is 7.67. The molecule has 2 atom stereocenters. The molecule has 0 bridgehead atoms. The summed E-state index contributed by atoms with van der Waals surface area (Å²) in [5.74, 6) is 0.649. The van der Waals surface area contributed by atoms with Crippen LogP contribution < -0.4 is 5.73 Å². The fourth-order valence-corrected chi connectivity index (χ4v) is 2.10. The minimum absolute atomic E-state index is 0.273. The monoisotopic (exact) mass is 161 g/mol. The maximum atomic E-state index is 6.01. The van der Waals surface area contributed by atoms with Crippen LogP contribution in [0.15, 0.2) is 18.2 Å². The van der Waals surface area contributed by atoms with Crippen LogP contribution in [0, 0.1) is 6.92 Å². The molecule has 2 N–H and O–H groups in total. The lowest BCUT2D eigenvalue weighted by Gasteiger charge is -2.05. The molecule has 64 valence electrons. The van der Waals surface area contributed by atoms with E-state index in [1.54, 1.807) is 0 Å². The molecule has 0 spiro atoms. The van der Waals surface area contributed by atoms with Crippen molar-refractivity contribution in [3.63, 3.8) is 0 Å². The first-order valence-electron chi connectivity index (χ1n) is 4.54. The van der Waals surface area contributed by atoms with Gasteiger partial charge in [-0.2, -0.15) is 0 Å². The highest BCUT2D eigenvalue weighted by atomic mass is 14.7. The Hall–Kier alpha value is -0.820. The van der Waals surface area contributed by atoms with E-state index in [0.717, 1.165) is 6.42 Å². The largest absolute Gasteiger partial charge is 0.324 e. The minimum atomic E-state index is 0.273. The van der Waals surface area contributed by atoms with Crippen LogP contribution in [0.3, 0.4) is 0 Å². The Kier molecular flexibility index (Phi) is 1.69. The molecule has 0 saturated heterocycles. The van der Waals surface area contributed by atoms with E-state index in [1.165, 1.54) is 16.7 Å². The Morgan fingerprint density at radius 3 is 2.83 bits per heavy atom. The Morgan fingerprint density at radius 2 is 2.08 bits per heavy atom. The van der Waals surface area contributed by atoms with Gasteiger partial charge in [0.2, 0.25) is 0 Å². The number of hydrogen-bond acceptors (Lipinski definition) is 1. The molecule has 0 saturated carbocycles. The van der Waals surface area contributed by atoms with Crippen LogP contribution in [0.2, 0.25) is 0 Å². The third kappa shape index (κ3) is 1.05. The Labute approximate surface area is 73.6 Å². The molecular formula is C11H15N. The highest BCUT2D eigenvalue weighted by molar-refractivity contribution is 5.39. The summed E-state index contributed by atoms with van der Waals surface area (Å²) in [6.07, 6.45) is 1.11. The first kappa shape index (κ1) is 7.81. The summed E-state index contributed by atoms with van der Waals surface area (Å²) < 4.78 is 0. The zero-order valence-corrected chi connectivity index (χ0v) is 7.67. The van der Waals surface area contributed by atoms with Gasteiger partial charge < -0.3 is 5.73 Å². The van der Waals surface area contributed by atoms with E-state index in [0.29, 0.717) is 5.92 Å². The third-order valence-corrected chi connectivity index (χ3v) is 2.78. The summed E-state index contributed by atoms with van der Waals surface area (Å²) >= 11 is 0. The van der Waals surface area contributed by atoms with E-state index in [9.17, 15) is 0 Å². The van der Waals surface area contributed by atoms with Gasteiger partial charge in [0.1, 0.15) is 0 Å². The summed E-state index contributed by atoms with van der Waals surface area (Å²) in [6, 6.07) is 6.90. The van der Waals surface area contributed by atoms with Crippen molar-refractivity contribution in [2.75, 3.05) is 0 Å². The van der Waals surface area contributed by atoms with Gasteiger partial charge in [0.15, 0.2) is 0 Å². The summed E-state index contributed by atoms with van der Waals surface area (Å²) in [5, 5.41) is 0. The summed E-state index contributed by atoms with van der Waals surface area (Å²) in [7, 11) is 0. The molecule has 0 aromatic heterocycles. The van der Waals surface area contributed by atoms with Gasteiger partial charge in [-0.1, -0.05) is 30.7 Å². The van der Waals surface area contributed by atoms with Gasteiger partial charge in [0.25, 0.3) is 0 Å². The van der Waals surface area contributed by atoms with Crippen LogP contribution in [0.25, 0.3) is 0 Å². The Balaban J connectivity index is 2.53. The highest BCUT2D eigenvalue weighted by Gasteiger charge is 2.24. The van der Waals surface area contributed by atoms with Gasteiger partial charge in [-0.15, -0.1) is 0 Å². The predicted octanol–water partition coefficient (Wildman–Crippen LogP) is 2.50. The average molecular weight is 161 g/mol. The fraction of sp³-hybridized carbons (Fsp3) is 0.455. The van der Waals surface area contributed by atoms with Crippen molar-refractivity contribution >= 4 is 0 Å². The lowest BCUT2D eigenvalue weighted by molar-refractivity contribution is 0.640. The third-order valence-electron chi connectivity index (χ3n) is 2.78. The Morgan fingerprint density at radius 1 is 1.33 bits per heavy atom. The molecule has 0 radical (unpaired) electrons. The number of rotatable bonds is 0. The smallest absolute Gasteiger partial charge is 0.0303 e. The number of nitrogens with two attached hydrogens (primary N) is 1. The molecular weight excluding hydrogens is 146 g/mol. The van der Waals surface area contributed by atoms with E-state index in [-0.39, 0.29) is 6.04 Å². The van der Waals surface area contributed by atoms with Crippen molar-refractivity contribution in [2.45, 2.75) is 32.2 Å². The summed E-state index contributed by atoms with van der Waals surface area (Å²) in [4.78, 5) is 0. The average Bonchev–Trinajstić information content (AvgIpc) is 2.28. The number of hydrogen-bond donors (Lipinski definition) is 1. The van der Waals surface area contributed by atoms with Crippen molar-refractivity contribution in [3.05, 3.63) is 34.9 Å². The van der Waals surface area contributed by atoms with Crippen LogP contribution in [0.4, 0.5) is 0 Å². The van der Waals surface area contributed by atoms with Crippen molar-refractivity contribution < 1.29 is 0 Å². The molecule has 1 aromatic rings. The van der Waals surface area contributed by atoms with Gasteiger partial charge in [0, 0.05) is 6.04 Å². The highest BCUT2D eigenvalue weighted by Crippen LogP contribution is 2.38. The van der Waals surface area contributed by atoms with Crippen molar-refractivity contribution in [1.82, 2.24) is 0 Å². The molecule has 1 aliphatic carbocycles. The lowest BCUT2D eigenvalue weighted by Crippen LogP contribution is -2.05. The Bertz CT molecular complexity index is 304. The molecule has 0 fully saturated rings. The van der Waals surface area contributed by atoms with Crippen molar-refractivity contribution in [3.8, 4) is 0 Å². The molecule has 0 amide bonds. The van der Waals surface area contributed by atoms with Gasteiger partial charge in [-0.25, -0.2) is 0 Å². The quantitative estimate of drug-likeness (QED) is 0.621. The maximum absolute atomic E-state index is 6.01. The van der Waals surface area contributed by atoms with Gasteiger partial charge in [0.05, 0.1) is 0 Å². The molecule has 2 rings (SSSR count). The van der Waals surface area contributed by atoms with Crippen LogP contribution in [-0.2, 0) is 0 Å². The number of benzene rings is 1. The molecule has 0 aliphatic heterocycles. The molecule has 12 heavy (non-hydrogen) atoms. The van der Waals surface area contributed by atoms with E-state index in [4.69, 9.17) is 5.73 Å². The van der Waals surface area contributed by atoms with Gasteiger partial charge >= 0.3 is 0 Å². The number of fused-ring (bicyclic) bond motifs is 1. The van der Waals surface area contributed by atoms with Crippen LogP contribution >= 0.6 is 0 Å². The second-order valence-electron chi connectivity index (χ2n) is 3.88. The molecule has 1 aromatic carbocycles. The maximum Gasteiger partial charge on any atom is 0.0303 e. The summed E-state index contributed by atoms with van der Waals surface area (Å²) in [5.41, 5.74) is 10.1. The minimum Gasteiger partial charge on any atom is -0.324 e. The fourth-order valence-electron chi connectivity index (χ4n) is 2.10. The molecule has 2 unspecified atom stereocenters. The lowest BCUT2D eigenvalue weighted by atomic mass is 10.0. The standard InChI is InChI=1S/C11H15N/c1-7-3-4-9-8(2)6-11(12)10(9)5-7/h3-5,8,11H,6,12H2,1-2H3. The molecule has 1 heteroatoms. The van der Waals surface area contributed by atoms with Gasteiger partial charge in [-0.3, -0.25) is 0 Å². The molecule has 1 nitrogen and oxygen atoms in total. The van der Waals surface area contributed by atoms with Crippen LogP contribution in [0.5, 0.6) is 0 Å². The first-order chi connectivity index (χ1) is 5.68. The van der Waals surface area contributed by atoms with Gasteiger partial charge in [-0.05, 0) is 30.4 Å². The first-order valence-corrected chi connectivity index (χ1v) is 4.54. The summed E-state index contributed by atoms with van der Waals surface area (Å²) in [6.45, 7) is 4.37. The van der Waals surface area contributed by atoms with Crippen LogP contribution in [-0.4, -0.2) is 0 Å². The molecule has 0 heterocycles. The zero-order chi connectivity index (χ0) is 8.72. The number of aryl methyl sites for hydroxylation is 1. The van der Waals surface area contributed by atoms with Crippen LogP contribution in [0.1, 0.15) is 42.0 Å². The SMILES string of the molecule is Cc1ccc2c(c1)C(N)CC2C. The topological polar surface area (TPSA) is 26.0 Å². The van der Waals surface area contributed by atoms with E-state index in [2.05, 4.69) is 32.0 Å². The van der Waals surface area contributed by atoms with Crippen molar-refractivity contribution in [2.24, 2.45) is 5.73 Å². The predicted molar refractivity (Wildman–Crippen MR) is 51.1 cm³/mol. The second kappa shape index (κ2) is 2.60.